The van der Waals surface area contributed by atoms with Crippen molar-refractivity contribution in [3.63, 3.8) is 0 Å². The van der Waals surface area contributed by atoms with Crippen LogP contribution in [0.25, 0.3) is 0 Å². The third kappa shape index (κ3) is 4.49. The molecule has 0 saturated heterocycles. The second-order valence-electron chi connectivity index (χ2n) is 4.88. The normalized spacial score (nSPS) is 12.7. The predicted octanol–water partition coefficient (Wildman–Crippen LogP) is 1.50. The number of carbonyl (C=O) groups excluding carboxylic acids is 1. The number of H-pyrrole nitrogens is 1. The Labute approximate surface area is 108 Å². The minimum absolute atomic E-state index is 0.190. The molecule has 1 unspecified atom stereocenters. The number of aromatic amines is 1. The minimum Gasteiger partial charge on any atom is -0.393 e. The highest BCUT2D eigenvalue weighted by Gasteiger charge is 2.12. The Morgan fingerprint density at radius 3 is 2.89 bits per heavy atom. The summed E-state index contributed by atoms with van der Waals surface area (Å²) in [7, 11) is 0. The highest BCUT2D eigenvalue weighted by atomic mass is 16.3. The zero-order valence-corrected chi connectivity index (χ0v) is 11.4. The lowest BCUT2D eigenvalue weighted by atomic mass is 10.0. The molecule has 18 heavy (non-hydrogen) atoms. The van der Waals surface area contributed by atoms with Gasteiger partial charge in [0.25, 0.3) is 5.91 Å². The molecule has 0 aliphatic heterocycles. The van der Waals surface area contributed by atoms with Gasteiger partial charge in [0, 0.05) is 12.2 Å². The highest BCUT2D eigenvalue weighted by Crippen LogP contribution is 2.05. The van der Waals surface area contributed by atoms with E-state index in [9.17, 15) is 9.90 Å². The average molecular weight is 253 g/mol. The molecular formula is C13H23N3O2. The molecule has 0 aromatic carbocycles. The van der Waals surface area contributed by atoms with Gasteiger partial charge in [-0.1, -0.05) is 27.2 Å². The molecule has 1 rings (SSSR count). The molecule has 1 atom stereocenters. The molecule has 1 heterocycles. The lowest BCUT2D eigenvalue weighted by Gasteiger charge is -2.13. The van der Waals surface area contributed by atoms with E-state index in [1.807, 2.05) is 13.8 Å². The quantitative estimate of drug-likeness (QED) is 0.689. The second kappa shape index (κ2) is 7.16. The van der Waals surface area contributed by atoms with Gasteiger partial charge in [-0.25, -0.2) is 0 Å². The number of carbonyl (C=O) groups is 1. The van der Waals surface area contributed by atoms with Crippen molar-refractivity contribution in [2.75, 3.05) is 6.54 Å². The van der Waals surface area contributed by atoms with E-state index >= 15 is 0 Å². The molecule has 3 N–H and O–H groups in total. The SMILES string of the molecule is CCCc1cc(C(=O)NCCC(O)C(C)C)n[nH]1. The minimum atomic E-state index is -0.375. The van der Waals surface area contributed by atoms with E-state index in [1.54, 1.807) is 6.07 Å². The fraction of sp³-hybridized carbons (Fsp3) is 0.692. The van der Waals surface area contributed by atoms with Crippen LogP contribution in [-0.2, 0) is 6.42 Å². The van der Waals surface area contributed by atoms with Gasteiger partial charge < -0.3 is 10.4 Å². The van der Waals surface area contributed by atoms with E-state index < -0.39 is 0 Å². The summed E-state index contributed by atoms with van der Waals surface area (Å²) in [5.41, 5.74) is 1.39. The van der Waals surface area contributed by atoms with E-state index in [-0.39, 0.29) is 17.9 Å². The lowest BCUT2D eigenvalue weighted by molar-refractivity contribution is 0.0915. The first kappa shape index (κ1) is 14.7. The number of rotatable bonds is 7. The third-order valence-corrected chi connectivity index (χ3v) is 2.88. The maximum atomic E-state index is 11.7. The van der Waals surface area contributed by atoms with Crippen molar-refractivity contribution in [1.82, 2.24) is 15.5 Å². The molecule has 5 heteroatoms. The standard InChI is InChI=1S/C13H23N3O2/c1-4-5-10-8-11(16-15-10)13(18)14-7-6-12(17)9(2)3/h8-9,12,17H,4-7H2,1-3H3,(H,14,18)(H,15,16). The number of nitrogens with one attached hydrogen (secondary N) is 2. The van der Waals surface area contributed by atoms with Gasteiger partial charge in [-0.2, -0.15) is 5.10 Å². The zero-order valence-electron chi connectivity index (χ0n) is 11.4. The summed E-state index contributed by atoms with van der Waals surface area (Å²) < 4.78 is 0. The van der Waals surface area contributed by atoms with Crippen molar-refractivity contribution in [2.24, 2.45) is 5.92 Å². The third-order valence-electron chi connectivity index (χ3n) is 2.88. The summed E-state index contributed by atoms with van der Waals surface area (Å²) in [6, 6.07) is 1.78. The maximum Gasteiger partial charge on any atom is 0.271 e. The fourth-order valence-electron chi connectivity index (χ4n) is 1.63. The monoisotopic (exact) mass is 253 g/mol. The molecule has 1 amide bonds. The Morgan fingerprint density at radius 2 is 2.28 bits per heavy atom. The smallest absolute Gasteiger partial charge is 0.271 e. The first-order chi connectivity index (χ1) is 8.54. The van der Waals surface area contributed by atoms with Gasteiger partial charge in [0.2, 0.25) is 0 Å². The highest BCUT2D eigenvalue weighted by molar-refractivity contribution is 5.92. The Bertz CT molecular complexity index is 374. The molecule has 0 saturated carbocycles. The van der Waals surface area contributed by atoms with Gasteiger partial charge in [0.05, 0.1) is 6.10 Å². The van der Waals surface area contributed by atoms with E-state index in [4.69, 9.17) is 0 Å². The van der Waals surface area contributed by atoms with Crippen LogP contribution in [0.15, 0.2) is 6.07 Å². The molecule has 0 aliphatic carbocycles. The summed E-state index contributed by atoms with van der Waals surface area (Å²) in [6.07, 6.45) is 2.10. The maximum absolute atomic E-state index is 11.7. The topological polar surface area (TPSA) is 78.0 Å². The van der Waals surface area contributed by atoms with Crippen LogP contribution in [0.3, 0.4) is 0 Å². The molecule has 0 fully saturated rings. The number of aliphatic hydroxyl groups excluding tert-OH is 1. The Balaban J connectivity index is 2.36. The molecule has 5 nitrogen and oxygen atoms in total. The predicted molar refractivity (Wildman–Crippen MR) is 70.4 cm³/mol. The van der Waals surface area contributed by atoms with Crippen LogP contribution in [0.1, 0.15) is 49.8 Å². The molecule has 0 spiro atoms. The number of hydrogen-bond donors (Lipinski definition) is 3. The van der Waals surface area contributed by atoms with E-state index in [2.05, 4.69) is 22.4 Å². The van der Waals surface area contributed by atoms with E-state index in [1.165, 1.54) is 0 Å². The summed E-state index contributed by atoms with van der Waals surface area (Å²) in [5, 5.41) is 19.2. The molecular weight excluding hydrogens is 230 g/mol. The summed E-state index contributed by atoms with van der Waals surface area (Å²) in [4.78, 5) is 11.7. The van der Waals surface area contributed by atoms with Crippen molar-refractivity contribution in [1.29, 1.82) is 0 Å². The molecule has 1 aromatic heterocycles. The van der Waals surface area contributed by atoms with Gasteiger partial charge in [-0.05, 0) is 24.8 Å². The van der Waals surface area contributed by atoms with Gasteiger partial charge in [0.1, 0.15) is 5.69 Å². The largest absolute Gasteiger partial charge is 0.393 e. The number of aryl methyl sites for hydroxylation is 1. The number of nitrogens with zero attached hydrogens (tertiary/aromatic N) is 1. The van der Waals surface area contributed by atoms with E-state index in [0.29, 0.717) is 18.7 Å². The van der Waals surface area contributed by atoms with Gasteiger partial charge >= 0.3 is 0 Å². The number of aromatic nitrogens is 2. The second-order valence-corrected chi connectivity index (χ2v) is 4.88. The van der Waals surface area contributed by atoms with Crippen molar-refractivity contribution < 1.29 is 9.90 Å². The van der Waals surface area contributed by atoms with Crippen LogP contribution in [0.2, 0.25) is 0 Å². The van der Waals surface area contributed by atoms with Gasteiger partial charge in [-0.15, -0.1) is 0 Å². The molecule has 0 bridgehead atoms. The van der Waals surface area contributed by atoms with Crippen LogP contribution in [-0.4, -0.2) is 33.9 Å². The lowest BCUT2D eigenvalue weighted by Crippen LogP contribution is -2.28. The Morgan fingerprint density at radius 1 is 1.56 bits per heavy atom. The first-order valence-electron chi connectivity index (χ1n) is 6.55. The molecule has 102 valence electrons. The van der Waals surface area contributed by atoms with E-state index in [0.717, 1.165) is 18.5 Å². The summed E-state index contributed by atoms with van der Waals surface area (Å²) in [6.45, 7) is 6.45. The fourth-order valence-corrected chi connectivity index (χ4v) is 1.63. The molecule has 0 radical (unpaired) electrons. The zero-order chi connectivity index (χ0) is 13.5. The Hall–Kier alpha value is -1.36. The van der Waals surface area contributed by atoms with Crippen molar-refractivity contribution in [2.45, 2.75) is 46.1 Å². The number of hydrogen-bond acceptors (Lipinski definition) is 3. The van der Waals surface area contributed by atoms with Crippen LogP contribution >= 0.6 is 0 Å². The number of amides is 1. The van der Waals surface area contributed by atoms with Crippen LogP contribution in [0, 0.1) is 5.92 Å². The van der Waals surface area contributed by atoms with Crippen LogP contribution in [0.4, 0.5) is 0 Å². The van der Waals surface area contributed by atoms with Crippen LogP contribution in [0.5, 0.6) is 0 Å². The number of aliphatic hydroxyl groups is 1. The van der Waals surface area contributed by atoms with Gasteiger partial charge in [-0.3, -0.25) is 9.89 Å². The van der Waals surface area contributed by atoms with Gasteiger partial charge in [0.15, 0.2) is 0 Å². The molecule has 1 aromatic rings. The van der Waals surface area contributed by atoms with Crippen molar-refractivity contribution in [3.05, 3.63) is 17.5 Å². The summed E-state index contributed by atoms with van der Waals surface area (Å²) in [5.74, 6) is 0.0213. The average Bonchev–Trinajstić information content (AvgIpc) is 2.77. The van der Waals surface area contributed by atoms with Crippen LogP contribution < -0.4 is 5.32 Å². The molecule has 0 aliphatic rings. The summed E-state index contributed by atoms with van der Waals surface area (Å²) >= 11 is 0. The first-order valence-corrected chi connectivity index (χ1v) is 6.55. The Kier molecular flexibility index (Phi) is 5.85. The van der Waals surface area contributed by atoms with Crippen molar-refractivity contribution in [3.8, 4) is 0 Å². The van der Waals surface area contributed by atoms with Crippen molar-refractivity contribution >= 4 is 5.91 Å².